The number of esters is 2. The Morgan fingerprint density at radius 3 is 1.69 bits per heavy atom. The standard InChI is InChI=1S/C52H83N3O15P2/c1-3-5-7-9-11-13-15-17-19-21-23-25-27-29-31-33-35-37-47(56)65-41-44(68-48(57)38-36-34-32-30-28-26-24-22-20-18-16-14-12-10-8-6-4-2)42-66-71(61,62)70-72(63,64)67-43-45-49(58)50(59)51(69-45)55-40-39-46(53)54-52(55)60/h5,7,11-14,17-20,23-26,39-40,44-45,49-51,58-59H,3-4,6,8-10,15-16,21-22,27-38,41-43H2,1-2H3,(H,61,62)(H,63,64)(H2,53,54,60)/b7-5-,13-11-,14-12-,19-17-,20-18-,25-23-,26-24-/t44-,45-,49+,50?,51-/m1/s1. The molecule has 1 saturated heterocycles. The number of ether oxygens (including phenoxy) is 3. The molecular weight excluding hydrogens is 969 g/mol. The number of hydrogen-bond acceptors (Lipinski definition) is 15. The number of unbranched alkanes of at least 4 members (excludes halogenated alkanes) is 11. The van der Waals surface area contributed by atoms with Crippen molar-refractivity contribution in [3.05, 3.63) is 108 Å². The highest BCUT2D eigenvalue weighted by atomic mass is 31.3. The first-order chi connectivity index (χ1) is 34.7. The number of phosphoric ester groups is 2. The first kappa shape index (κ1) is 64.1. The lowest BCUT2D eigenvalue weighted by atomic mass is 10.1. The van der Waals surface area contributed by atoms with E-state index in [-0.39, 0.29) is 18.7 Å². The van der Waals surface area contributed by atoms with Gasteiger partial charge in [0.1, 0.15) is 30.7 Å². The van der Waals surface area contributed by atoms with Gasteiger partial charge in [0, 0.05) is 19.0 Å². The molecule has 406 valence electrons. The predicted molar refractivity (Wildman–Crippen MR) is 279 cm³/mol. The molecule has 2 rings (SSSR count). The number of nitrogen functional groups attached to an aromatic ring is 1. The maximum absolute atomic E-state index is 12.9. The average Bonchev–Trinajstić information content (AvgIpc) is 3.62. The first-order valence-electron chi connectivity index (χ1n) is 25.6. The lowest BCUT2D eigenvalue weighted by Gasteiger charge is -2.21. The molecule has 0 spiro atoms. The number of rotatable bonds is 41. The second-order valence-electron chi connectivity index (χ2n) is 17.3. The van der Waals surface area contributed by atoms with Gasteiger partial charge in [0.15, 0.2) is 12.3 Å². The highest BCUT2D eigenvalue weighted by Crippen LogP contribution is 2.60. The normalized spacial score (nSPS) is 19.8. The van der Waals surface area contributed by atoms with Crippen LogP contribution in [0, 0.1) is 0 Å². The molecule has 1 aromatic heterocycles. The number of allylic oxidation sites excluding steroid dienone is 14. The molecule has 0 radical (unpaired) electrons. The predicted octanol–water partition coefficient (Wildman–Crippen LogP) is 10.7. The van der Waals surface area contributed by atoms with Gasteiger partial charge in [-0.3, -0.25) is 23.2 Å². The molecule has 2 heterocycles. The Balaban J connectivity index is 1.82. The Labute approximate surface area is 427 Å². The van der Waals surface area contributed by atoms with Crippen LogP contribution in [0.1, 0.15) is 161 Å². The van der Waals surface area contributed by atoms with Gasteiger partial charge in [0.2, 0.25) is 0 Å². The number of aliphatic hydroxyl groups excluding tert-OH is 2. The van der Waals surface area contributed by atoms with Gasteiger partial charge in [0.05, 0.1) is 13.2 Å². The smallest absolute Gasteiger partial charge is 0.462 e. The third-order valence-corrected chi connectivity index (χ3v) is 13.6. The summed E-state index contributed by atoms with van der Waals surface area (Å²) in [5.41, 5.74) is 4.58. The van der Waals surface area contributed by atoms with Crippen LogP contribution in [0.2, 0.25) is 0 Å². The van der Waals surface area contributed by atoms with Crippen LogP contribution in [0.4, 0.5) is 5.82 Å². The lowest BCUT2D eigenvalue weighted by molar-refractivity contribution is -0.161. The van der Waals surface area contributed by atoms with Crippen molar-refractivity contribution in [2.45, 2.75) is 186 Å². The number of hydrogen-bond donors (Lipinski definition) is 5. The molecule has 1 aromatic rings. The highest BCUT2D eigenvalue weighted by molar-refractivity contribution is 7.61. The first-order valence-corrected chi connectivity index (χ1v) is 28.6. The number of nitrogens with zero attached hydrogens (tertiary/aromatic N) is 2. The van der Waals surface area contributed by atoms with Crippen molar-refractivity contribution in [2.75, 3.05) is 25.6 Å². The SMILES string of the molecule is CC/C=C\C/C=C\C/C=C\C/C=C\CCCCCCC(=O)OC[C@H](COP(=O)(O)OP(=O)(O)OC[C@H]1O[C@@H](n2ccc(N)nc2=O)C(O)[C@H]1O)OC(=O)CCCCCC/C=C\C/C=C\C/C=C\CCCCC. The molecular formula is C52H83N3O15P2. The summed E-state index contributed by atoms with van der Waals surface area (Å²) in [4.78, 5) is 61.9. The maximum Gasteiger partial charge on any atom is 0.481 e. The summed E-state index contributed by atoms with van der Waals surface area (Å²) in [6.45, 7) is 1.96. The van der Waals surface area contributed by atoms with Gasteiger partial charge < -0.3 is 39.9 Å². The van der Waals surface area contributed by atoms with Crippen LogP contribution in [0.25, 0.3) is 0 Å². The molecule has 0 saturated carbocycles. The van der Waals surface area contributed by atoms with Gasteiger partial charge in [-0.2, -0.15) is 9.29 Å². The zero-order chi connectivity index (χ0) is 52.7. The molecule has 0 aliphatic carbocycles. The molecule has 1 fully saturated rings. The fourth-order valence-corrected chi connectivity index (χ4v) is 9.13. The topological polar surface area (TPSA) is 265 Å². The van der Waals surface area contributed by atoms with Crippen molar-refractivity contribution >= 4 is 33.4 Å². The molecule has 18 nitrogen and oxygen atoms in total. The molecule has 72 heavy (non-hydrogen) atoms. The summed E-state index contributed by atoms with van der Waals surface area (Å²) >= 11 is 0. The zero-order valence-corrected chi connectivity index (χ0v) is 44.2. The van der Waals surface area contributed by atoms with Crippen LogP contribution in [0.15, 0.2) is 102 Å². The Hall–Kier alpha value is -4.06. The molecule has 20 heteroatoms. The second-order valence-corrected chi connectivity index (χ2v) is 20.3. The molecule has 1 aliphatic heterocycles. The van der Waals surface area contributed by atoms with Crippen LogP contribution in [-0.4, -0.2) is 85.7 Å². The molecule has 3 unspecified atom stereocenters. The van der Waals surface area contributed by atoms with Crippen molar-refractivity contribution < 1.29 is 66.3 Å². The number of aromatic nitrogens is 2. The third-order valence-electron chi connectivity index (χ3n) is 11.0. The number of carbonyl (C=O) groups is 2. The Kier molecular flexibility index (Phi) is 35.1. The fourth-order valence-electron chi connectivity index (χ4n) is 7.02. The molecule has 1 aliphatic rings. The quantitative estimate of drug-likeness (QED) is 0.0177. The van der Waals surface area contributed by atoms with Gasteiger partial charge >= 0.3 is 33.3 Å². The molecule has 6 N–H and O–H groups in total. The van der Waals surface area contributed by atoms with E-state index < -0.39 is 83.7 Å². The van der Waals surface area contributed by atoms with E-state index in [1.54, 1.807) is 0 Å². The van der Waals surface area contributed by atoms with Crippen LogP contribution in [0.5, 0.6) is 0 Å². The fraction of sp³-hybridized carbons (Fsp3) is 0.615. The number of carbonyl (C=O) groups excluding carboxylic acids is 2. The molecule has 7 atom stereocenters. The van der Waals surface area contributed by atoms with Crippen molar-refractivity contribution in [1.29, 1.82) is 0 Å². The van der Waals surface area contributed by atoms with E-state index in [1.807, 2.05) is 0 Å². The van der Waals surface area contributed by atoms with E-state index >= 15 is 0 Å². The van der Waals surface area contributed by atoms with E-state index in [1.165, 1.54) is 25.3 Å². The van der Waals surface area contributed by atoms with Gasteiger partial charge in [0.25, 0.3) is 0 Å². The van der Waals surface area contributed by atoms with Crippen LogP contribution >= 0.6 is 15.6 Å². The minimum absolute atomic E-state index is 0.0140. The molecule has 0 aromatic carbocycles. The number of phosphoric acid groups is 2. The van der Waals surface area contributed by atoms with E-state index in [0.29, 0.717) is 12.8 Å². The van der Waals surface area contributed by atoms with Crippen LogP contribution in [0.3, 0.4) is 0 Å². The van der Waals surface area contributed by atoms with Crippen molar-refractivity contribution in [3.8, 4) is 0 Å². The minimum Gasteiger partial charge on any atom is -0.462 e. The summed E-state index contributed by atoms with van der Waals surface area (Å²) in [6.07, 6.45) is 42.3. The Bertz CT molecular complexity index is 2040. The highest BCUT2D eigenvalue weighted by Gasteiger charge is 2.46. The summed E-state index contributed by atoms with van der Waals surface area (Å²) in [5.74, 6) is -1.36. The summed E-state index contributed by atoms with van der Waals surface area (Å²) in [5, 5.41) is 20.9. The summed E-state index contributed by atoms with van der Waals surface area (Å²) in [6, 6.07) is 1.24. The largest absolute Gasteiger partial charge is 0.481 e. The van der Waals surface area contributed by atoms with Crippen molar-refractivity contribution in [2.24, 2.45) is 0 Å². The summed E-state index contributed by atoms with van der Waals surface area (Å²) < 4.78 is 56.8. The third kappa shape index (κ3) is 31.5. The molecule has 0 bridgehead atoms. The Morgan fingerprint density at radius 2 is 1.17 bits per heavy atom. The van der Waals surface area contributed by atoms with Gasteiger partial charge in [-0.1, -0.05) is 137 Å². The number of nitrogens with two attached hydrogens (primary N) is 1. The lowest BCUT2D eigenvalue weighted by Crippen LogP contribution is -2.36. The Morgan fingerprint density at radius 1 is 0.681 bits per heavy atom. The van der Waals surface area contributed by atoms with Crippen molar-refractivity contribution in [3.63, 3.8) is 0 Å². The second kappa shape index (κ2) is 39.4. The van der Waals surface area contributed by atoms with E-state index in [9.17, 15) is 43.5 Å². The number of aliphatic hydroxyl groups is 2. The van der Waals surface area contributed by atoms with E-state index in [4.69, 9.17) is 29.0 Å². The van der Waals surface area contributed by atoms with Crippen LogP contribution in [-0.2, 0) is 46.3 Å². The van der Waals surface area contributed by atoms with Gasteiger partial charge in [-0.15, -0.1) is 0 Å². The average molecular weight is 1050 g/mol. The molecule has 0 amide bonds. The monoisotopic (exact) mass is 1050 g/mol. The number of anilines is 1. The maximum atomic E-state index is 12.9. The minimum atomic E-state index is -5.44. The van der Waals surface area contributed by atoms with Gasteiger partial charge in [-0.25, -0.2) is 13.9 Å². The van der Waals surface area contributed by atoms with E-state index in [0.717, 1.165) is 107 Å². The van der Waals surface area contributed by atoms with Crippen LogP contribution < -0.4 is 11.4 Å². The van der Waals surface area contributed by atoms with Crippen molar-refractivity contribution in [1.82, 2.24) is 9.55 Å². The summed E-state index contributed by atoms with van der Waals surface area (Å²) in [7, 11) is -10.9. The zero-order valence-electron chi connectivity index (χ0n) is 42.4. The van der Waals surface area contributed by atoms with Gasteiger partial charge in [-0.05, 0) is 96.0 Å². The van der Waals surface area contributed by atoms with E-state index in [2.05, 4.69) is 108 Å².